The molecule has 5 heteroatoms. The molecule has 1 atom stereocenters. The number of nitrogens with one attached hydrogen (secondary N) is 1. The molecule has 1 aromatic rings. The Labute approximate surface area is 102 Å². The molecule has 0 bridgehead atoms. The summed E-state index contributed by atoms with van der Waals surface area (Å²) in [5, 5.41) is 0. The van der Waals surface area contributed by atoms with E-state index in [-0.39, 0.29) is 6.17 Å². The Kier molecular flexibility index (Phi) is 4.74. The van der Waals surface area contributed by atoms with Gasteiger partial charge in [-0.2, -0.15) is 0 Å². The third-order valence-corrected chi connectivity index (χ3v) is 2.72. The van der Waals surface area contributed by atoms with Crippen molar-refractivity contribution >= 4 is 0 Å². The van der Waals surface area contributed by atoms with Crippen molar-refractivity contribution in [3.63, 3.8) is 0 Å². The second-order valence-electron chi connectivity index (χ2n) is 4.10. The van der Waals surface area contributed by atoms with Crippen LogP contribution in [0.1, 0.15) is 17.3 Å². The lowest BCUT2D eigenvalue weighted by Gasteiger charge is -2.26. The van der Waals surface area contributed by atoms with Crippen LogP contribution in [-0.2, 0) is 0 Å². The number of benzene rings is 1. The van der Waals surface area contributed by atoms with Crippen molar-refractivity contribution in [2.75, 3.05) is 28.3 Å². The van der Waals surface area contributed by atoms with E-state index in [0.717, 1.165) is 22.6 Å². The summed E-state index contributed by atoms with van der Waals surface area (Å²) in [6, 6.07) is 3.89. The summed E-state index contributed by atoms with van der Waals surface area (Å²) in [5.41, 5.74) is 4.73. The largest absolute Gasteiger partial charge is 0.496 e. The average molecular weight is 239 g/mol. The van der Waals surface area contributed by atoms with Crippen LogP contribution in [0.4, 0.5) is 0 Å². The first-order valence-corrected chi connectivity index (χ1v) is 5.40. The Morgan fingerprint density at radius 1 is 1.18 bits per heavy atom. The van der Waals surface area contributed by atoms with E-state index in [1.54, 1.807) is 14.2 Å². The predicted molar refractivity (Wildman–Crippen MR) is 68.0 cm³/mol. The molecule has 0 aromatic heterocycles. The van der Waals surface area contributed by atoms with Gasteiger partial charge in [-0.15, -0.1) is 0 Å². The number of nitrogens with two attached hydrogens (primary N) is 1. The van der Waals surface area contributed by atoms with Gasteiger partial charge in [-0.05, 0) is 38.7 Å². The number of ether oxygens (including phenoxy) is 2. The number of hydrogen-bond acceptors (Lipinski definition) is 5. The molecule has 0 aliphatic carbocycles. The van der Waals surface area contributed by atoms with Crippen LogP contribution in [-0.4, -0.2) is 33.2 Å². The standard InChI is InChI=1S/C12H21N3O2/c1-8-6-11(17-5)9(7-10(8)16-4)12(14-13)15(2)3/h6-7,12,14H,13H2,1-5H3. The van der Waals surface area contributed by atoms with Crippen LogP contribution < -0.4 is 20.7 Å². The van der Waals surface area contributed by atoms with E-state index in [1.807, 2.05) is 38.1 Å². The van der Waals surface area contributed by atoms with Gasteiger partial charge in [0.25, 0.3) is 0 Å². The smallest absolute Gasteiger partial charge is 0.125 e. The van der Waals surface area contributed by atoms with E-state index in [2.05, 4.69) is 5.43 Å². The maximum atomic E-state index is 5.57. The van der Waals surface area contributed by atoms with E-state index in [9.17, 15) is 0 Å². The third-order valence-electron chi connectivity index (χ3n) is 2.72. The molecular weight excluding hydrogens is 218 g/mol. The lowest BCUT2D eigenvalue weighted by Crippen LogP contribution is -2.38. The van der Waals surface area contributed by atoms with Crippen LogP contribution in [0.2, 0.25) is 0 Å². The molecular formula is C12H21N3O2. The molecule has 0 amide bonds. The molecule has 1 unspecified atom stereocenters. The van der Waals surface area contributed by atoms with E-state index in [4.69, 9.17) is 15.3 Å². The summed E-state index contributed by atoms with van der Waals surface area (Å²) in [6.07, 6.45) is -0.126. The van der Waals surface area contributed by atoms with Crippen LogP contribution in [0.25, 0.3) is 0 Å². The van der Waals surface area contributed by atoms with Crippen molar-refractivity contribution in [3.8, 4) is 11.5 Å². The van der Waals surface area contributed by atoms with Gasteiger partial charge in [-0.1, -0.05) is 0 Å². The zero-order chi connectivity index (χ0) is 13.0. The lowest BCUT2D eigenvalue weighted by molar-refractivity contribution is 0.244. The quantitative estimate of drug-likeness (QED) is 0.457. The molecule has 3 N–H and O–H groups in total. The number of aryl methyl sites for hydroxylation is 1. The van der Waals surface area contributed by atoms with E-state index >= 15 is 0 Å². The summed E-state index contributed by atoms with van der Waals surface area (Å²) in [5.74, 6) is 7.18. The van der Waals surface area contributed by atoms with E-state index < -0.39 is 0 Å². The number of rotatable bonds is 5. The molecule has 0 spiro atoms. The number of methoxy groups -OCH3 is 2. The molecule has 0 fully saturated rings. The molecule has 5 nitrogen and oxygen atoms in total. The average Bonchev–Trinajstić information content (AvgIpc) is 2.30. The van der Waals surface area contributed by atoms with Crippen molar-refractivity contribution in [3.05, 3.63) is 23.3 Å². The minimum Gasteiger partial charge on any atom is -0.496 e. The van der Waals surface area contributed by atoms with Crippen LogP contribution in [0.5, 0.6) is 11.5 Å². The van der Waals surface area contributed by atoms with Gasteiger partial charge in [0.2, 0.25) is 0 Å². The highest BCUT2D eigenvalue weighted by Gasteiger charge is 2.19. The summed E-state index contributed by atoms with van der Waals surface area (Å²) in [7, 11) is 7.18. The minimum atomic E-state index is -0.126. The molecule has 17 heavy (non-hydrogen) atoms. The number of nitrogens with zero attached hydrogens (tertiary/aromatic N) is 1. The minimum absolute atomic E-state index is 0.126. The molecule has 0 aliphatic heterocycles. The summed E-state index contributed by atoms with van der Waals surface area (Å²) in [4.78, 5) is 1.96. The highest BCUT2D eigenvalue weighted by molar-refractivity contribution is 5.47. The first-order chi connectivity index (χ1) is 8.04. The molecule has 1 rings (SSSR count). The van der Waals surface area contributed by atoms with Crippen molar-refractivity contribution in [2.45, 2.75) is 13.1 Å². The Bertz CT molecular complexity index is 380. The van der Waals surface area contributed by atoms with Gasteiger partial charge in [0.15, 0.2) is 0 Å². The molecule has 96 valence electrons. The van der Waals surface area contributed by atoms with Gasteiger partial charge in [0.05, 0.1) is 14.2 Å². The Morgan fingerprint density at radius 2 is 1.76 bits per heavy atom. The Morgan fingerprint density at radius 3 is 2.18 bits per heavy atom. The molecule has 1 aromatic carbocycles. The first-order valence-electron chi connectivity index (χ1n) is 5.40. The van der Waals surface area contributed by atoms with Gasteiger partial charge >= 0.3 is 0 Å². The van der Waals surface area contributed by atoms with Crippen LogP contribution in [0.3, 0.4) is 0 Å². The summed E-state index contributed by atoms with van der Waals surface area (Å²) < 4.78 is 10.7. The first kappa shape index (κ1) is 13.8. The van der Waals surface area contributed by atoms with Gasteiger partial charge in [0.1, 0.15) is 17.7 Å². The molecule has 0 radical (unpaired) electrons. The lowest BCUT2D eigenvalue weighted by atomic mass is 10.1. The summed E-state index contributed by atoms with van der Waals surface area (Å²) >= 11 is 0. The normalized spacial score (nSPS) is 12.6. The fourth-order valence-corrected chi connectivity index (χ4v) is 1.80. The summed E-state index contributed by atoms with van der Waals surface area (Å²) in [6.45, 7) is 1.98. The Hall–Kier alpha value is -1.30. The van der Waals surface area contributed by atoms with E-state index in [1.165, 1.54) is 0 Å². The number of hydrogen-bond donors (Lipinski definition) is 2. The zero-order valence-corrected chi connectivity index (χ0v) is 11.1. The van der Waals surface area contributed by atoms with Crippen molar-refractivity contribution < 1.29 is 9.47 Å². The molecule has 0 heterocycles. The number of hydrazine groups is 1. The fourth-order valence-electron chi connectivity index (χ4n) is 1.80. The van der Waals surface area contributed by atoms with Crippen molar-refractivity contribution in [2.24, 2.45) is 5.84 Å². The second-order valence-corrected chi connectivity index (χ2v) is 4.10. The van der Waals surface area contributed by atoms with Gasteiger partial charge in [-0.3, -0.25) is 10.7 Å². The monoisotopic (exact) mass is 239 g/mol. The van der Waals surface area contributed by atoms with Gasteiger partial charge in [-0.25, -0.2) is 5.43 Å². The van der Waals surface area contributed by atoms with Crippen LogP contribution >= 0.6 is 0 Å². The molecule has 0 saturated heterocycles. The van der Waals surface area contributed by atoms with Crippen molar-refractivity contribution in [1.29, 1.82) is 0 Å². The third kappa shape index (κ3) is 2.88. The van der Waals surface area contributed by atoms with E-state index in [0.29, 0.717) is 0 Å². The van der Waals surface area contributed by atoms with Crippen molar-refractivity contribution in [1.82, 2.24) is 10.3 Å². The highest BCUT2D eigenvalue weighted by atomic mass is 16.5. The zero-order valence-electron chi connectivity index (χ0n) is 11.1. The van der Waals surface area contributed by atoms with Crippen LogP contribution in [0.15, 0.2) is 12.1 Å². The second kappa shape index (κ2) is 5.86. The Balaban J connectivity index is 3.28. The topological polar surface area (TPSA) is 59.8 Å². The maximum absolute atomic E-state index is 5.57. The predicted octanol–water partition coefficient (Wildman–Crippen LogP) is 1.04. The SMILES string of the molecule is COc1cc(C(NN)N(C)C)c(OC)cc1C. The molecule has 0 aliphatic rings. The fraction of sp³-hybridized carbons (Fsp3) is 0.500. The van der Waals surface area contributed by atoms with Gasteiger partial charge < -0.3 is 9.47 Å². The molecule has 0 saturated carbocycles. The maximum Gasteiger partial charge on any atom is 0.125 e. The van der Waals surface area contributed by atoms with Crippen LogP contribution in [0, 0.1) is 6.92 Å². The van der Waals surface area contributed by atoms with Gasteiger partial charge in [0, 0.05) is 5.56 Å². The highest BCUT2D eigenvalue weighted by Crippen LogP contribution is 2.32.